The predicted molar refractivity (Wildman–Crippen MR) is 103 cm³/mol. The molecule has 10 heteroatoms. The number of morpholine rings is 1. The molecule has 1 aliphatic heterocycles. The van der Waals surface area contributed by atoms with Crippen molar-refractivity contribution in [3.63, 3.8) is 0 Å². The van der Waals surface area contributed by atoms with Crippen LogP contribution in [0.25, 0.3) is 0 Å². The maximum Gasteiger partial charge on any atom is 0.256 e. The number of carbonyl (C=O) groups excluding carboxylic acids is 1. The fourth-order valence-corrected chi connectivity index (χ4v) is 2.85. The smallest absolute Gasteiger partial charge is 0.256 e. The molecule has 1 fully saturated rings. The van der Waals surface area contributed by atoms with Crippen molar-refractivity contribution in [1.29, 1.82) is 0 Å². The lowest BCUT2D eigenvalue weighted by Gasteiger charge is -2.34. The molecule has 0 bridgehead atoms. The lowest BCUT2D eigenvalue weighted by molar-refractivity contribution is 0.0671. The van der Waals surface area contributed by atoms with Crippen LogP contribution < -0.4 is 15.4 Å². The van der Waals surface area contributed by atoms with E-state index in [0.717, 1.165) is 0 Å². The molecule has 0 saturated carbocycles. The Morgan fingerprint density at radius 2 is 1.92 bits per heavy atom. The molecule has 1 atom stereocenters. The summed E-state index contributed by atoms with van der Waals surface area (Å²) in [7, 11) is 1.48. The van der Waals surface area contributed by atoms with E-state index in [1.165, 1.54) is 7.11 Å². The van der Waals surface area contributed by atoms with Gasteiger partial charge in [-0.05, 0) is 24.4 Å². The molecule has 0 aromatic heterocycles. The molecule has 1 saturated heterocycles. The number of ether oxygens (including phenoxy) is 2. The van der Waals surface area contributed by atoms with Gasteiger partial charge in [0.05, 0.1) is 25.9 Å². The van der Waals surface area contributed by atoms with Crippen LogP contribution in [0.2, 0.25) is 0 Å². The highest BCUT2D eigenvalue weighted by atomic mass is 35.6. The van der Waals surface area contributed by atoms with E-state index in [9.17, 15) is 4.79 Å². The number of amides is 1. The largest absolute Gasteiger partial charge is 0.496 e. The molecule has 0 aliphatic carbocycles. The van der Waals surface area contributed by atoms with Gasteiger partial charge in [-0.3, -0.25) is 4.79 Å². The van der Waals surface area contributed by atoms with E-state index in [1.807, 2.05) is 4.90 Å². The summed E-state index contributed by atoms with van der Waals surface area (Å²) >= 11 is 23.4. The lowest BCUT2D eigenvalue weighted by Crippen LogP contribution is -2.59. The molecular weight excluding hydrogens is 409 g/mol. The van der Waals surface area contributed by atoms with Crippen molar-refractivity contribution in [2.45, 2.75) is 9.96 Å². The van der Waals surface area contributed by atoms with Crippen molar-refractivity contribution < 1.29 is 14.3 Å². The van der Waals surface area contributed by atoms with E-state index in [0.29, 0.717) is 42.7 Å². The molecule has 1 amide bonds. The molecule has 2 rings (SSSR count). The number of nitrogens with zero attached hydrogens (tertiary/aromatic N) is 1. The van der Waals surface area contributed by atoms with Gasteiger partial charge in [0.25, 0.3) is 5.91 Å². The van der Waals surface area contributed by atoms with Gasteiger partial charge in [0, 0.05) is 13.1 Å². The first-order valence-corrected chi connectivity index (χ1v) is 9.01. The Balaban J connectivity index is 2.09. The molecule has 1 heterocycles. The van der Waals surface area contributed by atoms with Crippen molar-refractivity contribution in [2.24, 2.45) is 0 Å². The van der Waals surface area contributed by atoms with Crippen LogP contribution in [0.1, 0.15) is 10.4 Å². The third-order valence-corrected chi connectivity index (χ3v) is 4.55. The van der Waals surface area contributed by atoms with Crippen LogP contribution in [0.5, 0.6) is 5.75 Å². The maximum atomic E-state index is 12.6. The summed E-state index contributed by atoms with van der Waals surface area (Å²) < 4.78 is 8.65. The van der Waals surface area contributed by atoms with E-state index in [4.69, 9.17) is 56.5 Å². The van der Waals surface area contributed by atoms with Gasteiger partial charge in [0.2, 0.25) is 3.79 Å². The number of thiocarbonyl (C=S) groups is 1. The zero-order valence-electron chi connectivity index (χ0n) is 13.4. The standard InChI is InChI=1S/C15H18Cl3N3O3S/c1-23-11-5-3-2-4-10(11)12(22)19-13(15(16,17)18)20-14(25)21-6-8-24-9-7-21/h2-5,13H,6-9H2,1H3,(H,19,22)(H,20,25). The first-order chi connectivity index (χ1) is 11.8. The third kappa shape index (κ3) is 5.76. The average molecular weight is 427 g/mol. The fourth-order valence-electron chi connectivity index (χ4n) is 2.22. The molecule has 138 valence electrons. The molecule has 1 unspecified atom stereocenters. The molecule has 1 aliphatic rings. The number of hydrogen-bond acceptors (Lipinski definition) is 4. The van der Waals surface area contributed by atoms with Crippen molar-refractivity contribution >= 4 is 58.0 Å². The number of halogens is 3. The summed E-state index contributed by atoms with van der Waals surface area (Å²) in [6, 6.07) is 6.76. The second-order valence-electron chi connectivity index (χ2n) is 5.20. The Morgan fingerprint density at radius 1 is 1.28 bits per heavy atom. The summed E-state index contributed by atoms with van der Waals surface area (Å²) in [6.45, 7) is 2.37. The molecule has 0 radical (unpaired) electrons. The van der Waals surface area contributed by atoms with Crippen molar-refractivity contribution in [3.05, 3.63) is 29.8 Å². The predicted octanol–water partition coefficient (Wildman–Crippen LogP) is 2.33. The van der Waals surface area contributed by atoms with E-state index in [2.05, 4.69) is 10.6 Å². The number of hydrogen-bond donors (Lipinski definition) is 2. The van der Waals surface area contributed by atoms with Crippen molar-refractivity contribution in [1.82, 2.24) is 15.5 Å². The van der Waals surface area contributed by atoms with Crippen LogP contribution in [0.3, 0.4) is 0 Å². The second-order valence-corrected chi connectivity index (χ2v) is 7.95. The van der Waals surface area contributed by atoms with Gasteiger partial charge in [0.1, 0.15) is 11.9 Å². The maximum absolute atomic E-state index is 12.6. The lowest BCUT2D eigenvalue weighted by atomic mass is 10.2. The summed E-state index contributed by atoms with van der Waals surface area (Å²) in [4.78, 5) is 14.4. The molecule has 1 aromatic carbocycles. The molecular formula is C15H18Cl3N3O3S. The Labute approximate surface area is 166 Å². The number of alkyl halides is 3. The van der Waals surface area contributed by atoms with E-state index >= 15 is 0 Å². The van der Waals surface area contributed by atoms with Gasteiger partial charge in [-0.25, -0.2) is 0 Å². The van der Waals surface area contributed by atoms with Crippen LogP contribution in [0, 0.1) is 0 Å². The number of carbonyl (C=O) groups is 1. The quantitative estimate of drug-likeness (QED) is 0.438. The zero-order valence-corrected chi connectivity index (χ0v) is 16.5. The summed E-state index contributed by atoms with van der Waals surface area (Å²) in [6.07, 6.45) is -1.02. The minimum Gasteiger partial charge on any atom is -0.496 e. The van der Waals surface area contributed by atoms with E-state index < -0.39 is 15.9 Å². The first kappa shape index (κ1) is 20.3. The third-order valence-electron chi connectivity index (χ3n) is 3.52. The highest BCUT2D eigenvalue weighted by Crippen LogP contribution is 2.30. The van der Waals surface area contributed by atoms with Crippen LogP contribution in [0.15, 0.2) is 24.3 Å². The van der Waals surface area contributed by atoms with Gasteiger partial charge < -0.3 is 25.0 Å². The van der Waals surface area contributed by atoms with Crippen LogP contribution in [0.4, 0.5) is 0 Å². The number of methoxy groups -OCH3 is 1. The van der Waals surface area contributed by atoms with E-state index in [-0.39, 0.29) is 0 Å². The van der Waals surface area contributed by atoms with Gasteiger partial charge in [-0.2, -0.15) is 0 Å². The monoisotopic (exact) mass is 425 g/mol. The van der Waals surface area contributed by atoms with Crippen molar-refractivity contribution in [2.75, 3.05) is 33.4 Å². The Kier molecular flexibility index (Phi) is 7.39. The van der Waals surface area contributed by atoms with Crippen LogP contribution in [-0.4, -0.2) is 59.3 Å². The Hall–Kier alpha value is -0.990. The molecule has 6 nitrogen and oxygen atoms in total. The molecule has 2 N–H and O–H groups in total. The summed E-state index contributed by atoms with van der Waals surface area (Å²) in [5.74, 6) is -0.0372. The van der Waals surface area contributed by atoms with Gasteiger partial charge >= 0.3 is 0 Å². The Morgan fingerprint density at radius 3 is 2.52 bits per heavy atom. The normalized spacial score (nSPS) is 16.1. The number of para-hydroxylation sites is 1. The molecule has 25 heavy (non-hydrogen) atoms. The molecule has 1 aromatic rings. The molecule has 0 spiro atoms. The van der Waals surface area contributed by atoms with Crippen molar-refractivity contribution in [3.8, 4) is 5.75 Å². The minimum atomic E-state index is -1.81. The topological polar surface area (TPSA) is 62.8 Å². The van der Waals surface area contributed by atoms with E-state index in [1.54, 1.807) is 24.3 Å². The highest BCUT2D eigenvalue weighted by molar-refractivity contribution is 7.80. The Bertz CT molecular complexity index is 622. The summed E-state index contributed by atoms with van der Waals surface area (Å²) in [5, 5.41) is 5.92. The van der Waals surface area contributed by atoms with Gasteiger partial charge in [0.15, 0.2) is 5.11 Å². The highest BCUT2D eigenvalue weighted by Gasteiger charge is 2.36. The zero-order chi connectivity index (χ0) is 18.4. The SMILES string of the molecule is COc1ccccc1C(=O)NC(NC(=S)N1CCOCC1)C(Cl)(Cl)Cl. The number of nitrogens with one attached hydrogen (secondary N) is 2. The average Bonchev–Trinajstić information content (AvgIpc) is 2.60. The van der Waals surface area contributed by atoms with Gasteiger partial charge in [-0.1, -0.05) is 46.9 Å². The second kappa shape index (κ2) is 9.09. The first-order valence-electron chi connectivity index (χ1n) is 7.46. The number of benzene rings is 1. The van der Waals surface area contributed by atoms with Crippen LogP contribution >= 0.6 is 47.0 Å². The summed E-state index contributed by atoms with van der Waals surface area (Å²) in [5.41, 5.74) is 0.323. The van der Waals surface area contributed by atoms with Crippen LogP contribution in [-0.2, 0) is 4.74 Å². The number of rotatable bonds is 4. The fraction of sp³-hybridized carbons (Fsp3) is 0.467. The van der Waals surface area contributed by atoms with Gasteiger partial charge in [-0.15, -0.1) is 0 Å². The minimum absolute atomic E-state index is 0.323.